The number of rotatable bonds is 2. The molecule has 5 rings (SSSR count). The van der Waals surface area contributed by atoms with Gasteiger partial charge in [-0.3, -0.25) is 9.55 Å². The van der Waals surface area contributed by atoms with Crippen molar-refractivity contribution >= 4 is 11.3 Å². The standard InChI is InChI=1S/C23H18N4OS.C3H8.2C2H6/c1-16-25-26-22-15-28-14-20-19(13-18-5-3-2-4-6-18)21(29-23(20)27(16)22)8-7-17-9-11-24-12-10-17;1-3-2;2*1-2/h2-6,9-12H,13-15H2,1H3;3H2,1-2H3;2*1-2H3. The first-order valence-corrected chi connectivity index (χ1v) is 13.6. The van der Waals surface area contributed by atoms with E-state index in [0.717, 1.165) is 33.5 Å². The molecular weight excluding hydrogens is 464 g/mol. The van der Waals surface area contributed by atoms with Gasteiger partial charge in [0.05, 0.1) is 11.5 Å². The fourth-order valence-electron chi connectivity index (χ4n) is 3.48. The first-order valence-electron chi connectivity index (χ1n) is 12.8. The summed E-state index contributed by atoms with van der Waals surface area (Å²) < 4.78 is 8.05. The largest absolute Gasteiger partial charge is 0.369 e. The molecule has 3 aromatic heterocycles. The summed E-state index contributed by atoms with van der Waals surface area (Å²) in [6.07, 6.45) is 5.59. The third-order valence-corrected chi connectivity index (χ3v) is 6.07. The monoisotopic (exact) mass is 502 g/mol. The average Bonchev–Trinajstić information content (AvgIpc) is 3.39. The SMILES string of the molecule is CC.CC.CCC.Cc1nnc2n1-c1sc(C#Cc3ccncc3)c(Cc3ccccc3)c1COC2. The van der Waals surface area contributed by atoms with E-state index in [-0.39, 0.29) is 0 Å². The zero-order valence-electron chi connectivity index (χ0n) is 22.6. The zero-order chi connectivity index (χ0) is 26.3. The maximum absolute atomic E-state index is 5.94. The van der Waals surface area contributed by atoms with Crippen LogP contribution in [0.15, 0.2) is 54.9 Å². The maximum atomic E-state index is 5.94. The van der Waals surface area contributed by atoms with Crippen LogP contribution in [0.25, 0.3) is 5.00 Å². The van der Waals surface area contributed by atoms with Crippen LogP contribution in [0.4, 0.5) is 0 Å². The van der Waals surface area contributed by atoms with Crippen LogP contribution >= 0.6 is 11.3 Å². The molecule has 6 heteroatoms. The van der Waals surface area contributed by atoms with Gasteiger partial charge in [0.15, 0.2) is 5.82 Å². The predicted molar refractivity (Wildman–Crippen MR) is 151 cm³/mol. The Morgan fingerprint density at radius 1 is 0.917 bits per heavy atom. The molecule has 4 heterocycles. The number of hydrogen-bond acceptors (Lipinski definition) is 5. The van der Waals surface area contributed by atoms with Gasteiger partial charge < -0.3 is 4.74 Å². The van der Waals surface area contributed by atoms with E-state index in [1.54, 1.807) is 23.7 Å². The maximum Gasteiger partial charge on any atom is 0.164 e. The fraction of sp³-hybridized carbons (Fsp3) is 0.367. The van der Waals surface area contributed by atoms with E-state index in [0.29, 0.717) is 13.2 Å². The number of benzene rings is 1. The lowest BCUT2D eigenvalue weighted by Crippen LogP contribution is -2.00. The van der Waals surface area contributed by atoms with Crippen LogP contribution in [-0.4, -0.2) is 19.7 Å². The van der Waals surface area contributed by atoms with E-state index in [9.17, 15) is 0 Å². The summed E-state index contributed by atoms with van der Waals surface area (Å²) in [6, 6.07) is 14.3. The molecular formula is C30H38N4OS. The Kier molecular flexibility index (Phi) is 12.6. The Morgan fingerprint density at radius 3 is 2.25 bits per heavy atom. The third kappa shape index (κ3) is 7.36. The number of ether oxygens (including phenoxy) is 1. The number of hydrogen-bond donors (Lipinski definition) is 0. The number of pyridine rings is 1. The molecule has 1 aliphatic heterocycles. The molecule has 0 N–H and O–H groups in total. The topological polar surface area (TPSA) is 52.8 Å². The molecule has 0 aliphatic carbocycles. The van der Waals surface area contributed by atoms with Crippen molar-refractivity contribution in [2.24, 2.45) is 0 Å². The van der Waals surface area contributed by atoms with E-state index < -0.39 is 0 Å². The Morgan fingerprint density at radius 2 is 1.58 bits per heavy atom. The van der Waals surface area contributed by atoms with E-state index in [4.69, 9.17) is 4.74 Å². The van der Waals surface area contributed by atoms with Crippen molar-refractivity contribution in [1.82, 2.24) is 19.7 Å². The van der Waals surface area contributed by atoms with Gasteiger partial charge in [-0.15, -0.1) is 21.5 Å². The van der Waals surface area contributed by atoms with Gasteiger partial charge in [0.2, 0.25) is 0 Å². The lowest BCUT2D eigenvalue weighted by atomic mass is 10.0. The van der Waals surface area contributed by atoms with E-state index in [1.807, 2.05) is 52.8 Å². The van der Waals surface area contributed by atoms with Gasteiger partial charge in [0.1, 0.15) is 17.4 Å². The molecule has 5 nitrogen and oxygen atoms in total. The summed E-state index contributed by atoms with van der Waals surface area (Å²) in [5, 5.41) is 9.65. The quantitative estimate of drug-likeness (QED) is 0.266. The summed E-state index contributed by atoms with van der Waals surface area (Å²) in [5.41, 5.74) is 4.61. The van der Waals surface area contributed by atoms with Gasteiger partial charge in [-0.1, -0.05) is 90.1 Å². The molecule has 0 radical (unpaired) electrons. The number of fused-ring (bicyclic) bond motifs is 3. The summed E-state index contributed by atoms with van der Waals surface area (Å²) in [5.74, 6) is 8.39. The lowest BCUT2D eigenvalue weighted by Gasteiger charge is -2.06. The second kappa shape index (κ2) is 15.7. The van der Waals surface area contributed by atoms with Crippen LogP contribution in [0.2, 0.25) is 0 Å². The van der Waals surface area contributed by atoms with Crippen molar-refractivity contribution < 1.29 is 4.74 Å². The Hall–Kier alpha value is -3.27. The third-order valence-electron chi connectivity index (χ3n) is 4.89. The minimum Gasteiger partial charge on any atom is -0.369 e. The summed E-state index contributed by atoms with van der Waals surface area (Å²) >= 11 is 1.69. The molecule has 0 amide bonds. The molecule has 36 heavy (non-hydrogen) atoms. The summed E-state index contributed by atoms with van der Waals surface area (Å²) in [6.45, 7) is 15.2. The van der Waals surface area contributed by atoms with Crippen LogP contribution in [0.3, 0.4) is 0 Å². The molecule has 190 valence electrons. The smallest absolute Gasteiger partial charge is 0.164 e. The van der Waals surface area contributed by atoms with Crippen LogP contribution < -0.4 is 0 Å². The van der Waals surface area contributed by atoms with Crippen molar-refractivity contribution in [3.63, 3.8) is 0 Å². The second-order valence-electron chi connectivity index (χ2n) is 7.54. The zero-order valence-corrected chi connectivity index (χ0v) is 23.4. The van der Waals surface area contributed by atoms with Crippen molar-refractivity contribution in [3.8, 4) is 16.8 Å². The van der Waals surface area contributed by atoms with Gasteiger partial charge in [-0.25, -0.2) is 0 Å². The highest BCUT2D eigenvalue weighted by molar-refractivity contribution is 7.15. The van der Waals surface area contributed by atoms with Gasteiger partial charge in [0, 0.05) is 23.5 Å². The normalized spacial score (nSPS) is 10.9. The minimum absolute atomic E-state index is 0.463. The highest BCUT2D eigenvalue weighted by Gasteiger charge is 2.25. The van der Waals surface area contributed by atoms with Crippen molar-refractivity contribution in [2.45, 2.75) is 74.5 Å². The highest BCUT2D eigenvalue weighted by atomic mass is 32.1. The molecule has 0 atom stereocenters. The molecule has 1 aromatic carbocycles. The van der Waals surface area contributed by atoms with Crippen LogP contribution in [0.1, 0.15) is 86.7 Å². The molecule has 0 bridgehead atoms. The summed E-state index contributed by atoms with van der Waals surface area (Å²) in [4.78, 5) is 5.12. The predicted octanol–water partition coefficient (Wildman–Crippen LogP) is 7.52. The minimum atomic E-state index is 0.463. The Labute approximate surface area is 220 Å². The van der Waals surface area contributed by atoms with Crippen molar-refractivity contribution in [3.05, 3.63) is 93.6 Å². The molecule has 0 fully saturated rings. The fourth-order valence-corrected chi connectivity index (χ4v) is 4.72. The van der Waals surface area contributed by atoms with Gasteiger partial charge in [0.25, 0.3) is 0 Å². The van der Waals surface area contributed by atoms with Gasteiger partial charge >= 0.3 is 0 Å². The van der Waals surface area contributed by atoms with Gasteiger partial charge in [-0.05, 0) is 36.6 Å². The number of aromatic nitrogens is 4. The molecule has 4 aromatic rings. The van der Waals surface area contributed by atoms with Crippen molar-refractivity contribution in [1.29, 1.82) is 0 Å². The number of aryl methyl sites for hydroxylation is 1. The molecule has 0 unspecified atom stereocenters. The number of thiophene rings is 1. The van der Waals surface area contributed by atoms with E-state index in [1.165, 1.54) is 23.1 Å². The van der Waals surface area contributed by atoms with Gasteiger partial charge in [-0.2, -0.15) is 0 Å². The second-order valence-corrected chi connectivity index (χ2v) is 8.54. The number of nitrogens with zero attached hydrogens (tertiary/aromatic N) is 4. The van der Waals surface area contributed by atoms with E-state index >= 15 is 0 Å². The van der Waals surface area contributed by atoms with Crippen LogP contribution in [-0.2, 0) is 24.4 Å². The molecule has 0 saturated heterocycles. The van der Waals surface area contributed by atoms with Crippen LogP contribution in [0, 0.1) is 18.8 Å². The Balaban J connectivity index is 0.000000596. The molecule has 0 spiro atoms. The van der Waals surface area contributed by atoms with E-state index in [2.05, 4.69) is 69.7 Å². The molecule has 0 saturated carbocycles. The highest BCUT2D eigenvalue weighted by Crippen LogP contribution is 2.36. The van der Waals surface area contributed by atoms with Crippen LogP contribution in [0.5, 0.6) is 0 Å². The lowest BCUT2D eigenvalue weighted by molar-refractivity contribution is 0.104. The first-order chi connectivity index (χ1) is 17.7. The average molecular weight is 503 g/mol. The molecule has 1 aliphatic rings. The summed E-state index contributed by atoms with van der Waals surface area (Å²) in [7, 11) is 0. The first kappa shape index (κ1) is 29.0. The van der Waals surface area contributed by atoms with Crippen molar-refractivity contribution in [2.75, 3.05) is 0 Å². The Bertz CT molecular complexity index is 1230.